The van der Waals surface area contributed by atoms with E-state index in [4.69, 9.17) is 10.8 Å². The number of hydrogen-bond donors (Lipinski definition) is 3. The van der Waals surface area contributed by atoms with Gasteiger partial charge in [0.2, 0.25) is 5.91 Å². The minimum absolute atomic E-state index is 0.212. The van der Waals surface area contributed by atoms with Crippen molar-refractivity contribution in [2.75, 3.05) is 0 Å². The van der Waals surface area contributed by atoms with Gasteiger partial charge in [-0.25, -0.2) is 4.79 Å². The normalized spacial score (nSPS) is 14.6. The molecule has 0 aliphatic rings. The molecule has 94 valence electrons. The predicted molar refractivity (Wildman–Crippen MR) is 61.9 cm³/mol. The fraction of sp³-hybridized carbons (Fsp3) is 0.818. The van der Waals surface area contributed by atoms with Crippen LogP contribution in [0.1, 0.15) is 40.0 Å². The summed E-state index contributed by atoms with van der Waals surface area (Å²) in [7, 11) is 0. The van der Waals surface area contributed by atoms with E-state index >= 15 is 0 Å². The highest BCUT2D eigenvalue weighted by Gasteiger charge is 2.23. The van der Waals surface area contributed by atoms with E-state index in [1.165, 1.54) is 0 Å². The third-order valence-corrected chi connectivity index (χ3v) is 2.26. The number of rotatable bonds is 7. The fourth-order valence-electron chi connectivity index (χ4n) is 1.41. The molecule has 0 aromatic carbocycles. The molecule has 2 atom stereocenters. The number of hydrogen-bond acceptors (Lipinski definition) is 3. The standard InChI is InChI=1S/C11H22N2O3/c1-4-5-8(12)10(14)13-9(11(15)16)6-7(2)3/h7-9H,4-6,12H2,1-3H3,(H,13,14)(H,15,16)/t8-,9?/m0/s1. The lowest BCUT2D eigenvalue weighted by atomic mass is 10.0. The van der Waals surface area contributed by atoms with Gasteiger partial charge in [-0.3, -0.25) is 4.79 Å². The Morgan fingerprint density at radius 2 is 1.94 bits per heavy atom. The molecule has 0 saturated carbocycles. The van der Waals surface area contributed by atoms with Crippen LogP contribution in [0.4, 0.5) is 0 Å². The van der Waals surface area contributed by atoms with Crippen LogP contribution in [0.15, 0.2) is 0 Å². The Morgan fingerprint density at radius 1 is 1.38 bits per heavy atom. The number of amides is 1. The van der Waals surface area contributed by atoms with Gasteiger partial charge in [-0.15, -0.1) is 0 Å². The summed E-state index contributed by atoms with van der Waals surface area (Å²) in [6.07, 6.45) is 1.79. The monoisotopic (exact) mass is 230 g/mol. The molecule has 0 rings (SSSR count). The first-order valence-electron chi connectivity index (χ1n) is 5.67. The highest BCUT2D eigenvalue weighted by atomic mass is 16.4. The van der Waals surface area contributed by atoms with E-state index in [2.05, 4.69) is 5.32 Å². The van der Waals surface area contributed by atoms with E-state index in [0.717, 1.165) is 6.42 Å². The Bertz CT molecular complexity index is 241. The summed E-state index contributed by atoms with van der Waals surface area (Å²) >= 11 is 0. The molecule has 0 aromatic heterocycles. The van der Waals surface area contributed by atoms with Gasteiger partial charge < -0.3 is 16.2 Å². The SMILES string of the molecule is CCC[C@H](N)C(=O)NC(CC(C)C)C(=O)O. The molecule has 0 aliphatic heterocycles. The van der Waals surface area contributed by atoms with E-state index in [9.17, 15) is 9.59 Å². The van der Waals surface area contributed by atoms with Gasteiger partial charge in [0.25, 0.3) is 0 Å². The molecule has 16 heavy (non-hydrogen) atoms. The Morgan fingerprint density at radius 3 is 2.31 bits per heavy atom. The molecule has 0 heterocycles. The molecule has 5 nitrogen and oxygen atoms in total. The van der Waals surface area contributed by atoms with E-state index in [1.807, 2.05) is 20.8 Å². The molecule has 0 bridgehead atoms. The van der Waals surface area contributed by atoms with Gasteiger partial charge in [0.05, 0.1) is 6.04 Å². The zero-order chi connectivity index (χ0) is 12.7. The fourth-order valence-corrected chi connectivity index (χ4v) is 1.41. The summed E-state index contributed by atoms with van der Waals surface area (Å²) in [5.74, 6) is -1.18. The number of nitrogens with one attached hydrogen (secondary N) is 1. The highest BCUT2D eigenvalue weighted by Crippen LogP contribution is 2.05. The molecule has 0 aliphatic carbocycles. The Labute approximate surface area is 96.4 Å². The van der Waals surface area contributed by atoms with Gasteiger partial charge in [0.15, 0.2) is 0 Å². The number of aliphatic carboxylic acids is 1. The maximum Gasteiger partial charge on any atom is 0.326 e. The van der Waals surface area contributed by atoms with Gasteiger partial charge >= 0.3 is 5.97 Å². The summed E-state index contributed by atoms with van der Waals surface area (Å²) in [5.41, 5.74) is 5.60. The third-order valence-electron chi connectivity index (χ3n) is 2.26. The highest BCUT2D eigenvalue weighted by molar-refractivity contribution is 5.86. The number of carbonyl (C=O) groups is 2. The molecule has 4 N–H and O–H groups in total. The number of carboxylic acid groups (broad SMARTS) is 1. The summed E-state index contributed by atoms with van der Waals surface area (Å²) in [6, 6.07) is -1.45. The van der Waals surface area contributed by atoms with Crippen molar-refractivity contribution in [2.24, 2.45) is 11.7 Å². The molecule has 0 spiro atoms. The lowest BCUT2D eigenvalue weighted by molar-refractivity contribution is -0.142. The molecule has 0 aromatic rings. The maximum atomic E-state index is 11.5. The van der Waals surface area contributed by atoms with Crippen molar-refractivity contribution >= 4 is 11.9 Å². The number of carbonyl (C=O) groups excluding carboxylic acids is 1. The van der Waals surface area contributed by atoms with Gasteiger partial charge in [-0.05, 0) is 18.8 Å². The average Bonchev–Trinajstić information content (AvgIpc) is 2.16. The first-order chi connectivity index (χ1) is 7.38. The van der Waals surface area contributed by atoms with Crippen molar-refractivity contribution in [3.63, 3.8) is 0 Å². The van der Waals surface area contributed by atoms with Crippen LogP contribution in [0, 0.1) is 5.92 Å². The number of nitrogens with two attached hydrogens (primary N) is 1. The van der Waals surface area contributed by atoms with E-state index in [1.54, 1.807) is 0 Å². The molecular formula is C11H22N2O3. The predicted octanol–water partition coefficient (Wildman–Crippen LogP) is 0.729. The second-order valence-electron chi connectivity index (χ2n) is 4.42. The second-order valence-corrected chi connectivity index (χ2v) is 4.42. The van der Waals surface area contributed by atoms with Gasteiger partial charge in [-0.2, -0.15) is 0 Å². The Hall–Kier alpha value is -1.10. The van der Waals surface area contributed by atoms with Crippen LogP contribution in [0.25, 0.3) is 0 Å². The summed E-state index contributed by atoms with van der Waals surface area (Å²) in [5, 5.41) is 11.4. The molecule has 1 unspecified atom stereocenters. The summed E-state index contributed by atoms with van der Waals surface area (Å²) in [4.78, 5) is 22.4. The van der Waals surface area contributed by atoms with Crippen LogP contribution < -0.4 is 11.1 Å². The largest absolute Gasteiger partial charge is 0.480 e. The average molecular weight is 230 g/mol. The molecule has 5 heteroatoms. The lowest BCUT2D eigenvalue weighted by Gasteiger charge is -2.18. The van der Waals surface area contributed by atoms with Crippen LogP contribution in [-0.4, -0.2) is 29.1 Å². The van der Waals surface area contributed by atoms with Crippen molar-refractivity contribution in [1.29, 1.82) is 0 Å². The minimum Gasteiger partial charge on any atom is -0.480 e. The van der Waals surface area contributed by atoms with Gasteiger partial charge in [-0.1, -0.05) is 27.2 Å². The first-order valence-corrected chi connectivity index (χ1v) is 5.67. The quantitative estimate of drug-likeness (QED) is 0.601. The van der Waals surface area contributed by atoms with Crippen LogP contribution in [0.5, 0.6) is 0 Å². The van der Waals surface area contributed by atoms with E-state index < -0.39 is 18.1 Å². The third kappa shape index (κ3) is 5.70. The van der Waals surface area contributed by atoms with Crippen molar-refractivity contribution < 1.29 is 14.7 Å². The summed E-state index contributed by atoms with van der Waals surface area (Å²) in [6.45, 7) is 5.75. The van der Waals surface area contributed by atoms with Gasteiger partial charge in [0.1, 0.15) is 6.04 Å². The smallest absolute Gasteiger partial charge is 0.326 e. The molecule has 0 fully saturated rings. The molecule has 0 radical (unpaired) electrons. The zero-order valence-corrected chi connectivity index (χ0v) is 10.2. The molecule has 0 saturated heterocycles. The minimum atomic E-state index is -1.01. The Kier molecular flexibility index (Phi) is 6.72. The molecule has 1 amide bonds. The van der Waals surface area contributed by atoms with E-state index in [0.29, 0.717) is 12.8 Å². The first kappa shape index (κ1) is 14.9. The second kappa shape index (κ2) is 7.22. The Balaban J connectivity index is 4.28. The lowest BCUT2D eigenvalue weighted by Crippen LogP contribution is -2.48. The van der Waals surface area contributed by atoms with Crippen molar-refractivity contribution in [3.8, 4) is 0 Å². The van der Waals surface area contributed by atoms with Crippen molar-refractivity contribution in [3.05, 3.63) is 0 Å². The van der Waals surface area contributed by atoms with Crippen LogP contribution in [0.3, 0.4) is 0 Å². The van der Waals surface area contributed by atoms with Crippen LogP contribution >= 0.6 is 0 Å². The topological polar surface area (TPSA) is 92.4 Å². The van der Waals surface area contributed by atoms with Crippen molar-refractivity contribution in [2.45, 2.75) is 52.1 Å². The maximum absolute atomic E-state index is 11.5. The summed E-state index contributed by atoms with van der Waals surface area (Å²) < 4.78 is 0. The van der Waals surface area contributed by atoms with Crippen LogP contribution in [-0.2, 0) is 9.59 Å². The van der Waals surface area contributed by atoms with Crippen LogP contribution in [0.2, 0.25) is 0 Å². The zero-order valence-electron chi connectivity index (χ0n) is 10.2. The van der Waals surface area contributed by atoms with Gasteiger partial charge in [0, 0.05) is 0 Å². The number of carboxylic acids is 1. The van der Waals surface area contributed by atoms with E-state index in [-0.39, 0.29) is 11.8 Å². The van der Waals surface area contributed by atoms with Crippen molar-refractivity contribution in [1.82, 2.24) is 5.32 Å². The molecular weight excluding hydrogens is 208 g/mol.